The van der Waals surface area contributed by atoms with Gasteiger partial charge in [0.15, 0.2) is 0 Å². The van der Waals surface area contributed by atoms with E-state index in [-0.39, 0.29) is 35.8 Å². The number of H-pyrrole nitrogens is 1. The van der Waals surface area contributed by atoms with Gasteiger partial charge in [0.25, 0.3) is 0 Å². The van der Waals surface area contributed by atoms with Crippen molar-refractivity contribution in [2.75, 3.05) is 0 Å². The van der Waals surface area contributed by atoms with Crippen LogP contribution in [-0.4, -0.2) is 15.9 Å². The van der Waals surface area contributed by atoms with Gasteiger partial charge in [0.2, 0.25) is 0 Å². The average molecular weight is 226 g/mol. The van der Waals surface area contributed by atoms with Crippen molar-refractivity contribution in [1.82, 2.24) is 4.98 Å². The van der Waals surface area contributed by atoms with Gasteiger partial charge < -0.3 is 15.9 Å². The van der Waals surface area contributed by atoms with Gasteiger partial charge in [-0.05, 0) is 17.5 Å². The van der Waals surface area contributed by atoms with E-state index in [0.717, 1.165) is 0 Å². The molecule has 0 fully saturated rings. The molecule has 76 valence electrons. The molecule has 5 heteroatoms. The van der Waals surface area contributed by atoms with Crippen molar-refractivity contribution in [1.29, 1.82) is 0 Å². The highest BCUT2D eigenvalue weighted by Crippen LogP contribution is 2.09. The molecule has 0 unspecified atom stereocenters. The van der Waals surface area contributed by atoms with Crippen molar-refractivity contribution in [3.05, 3.63) is 36.5 Å². The number of aromatic nitrogens is 1. The largest absolute Gasteiger partial charge is 0.412 e. The maximum atomic E-state index is 3.12. The summed E-state index contributed by atoms with van der Waals surface area (Å²) in [4.78, 5) is 3.12. The number of benzene rings is 1. The predicted molar refractivity (Wildman–Crippen MR) is 60.0 cm³/mol. The average Bonchev–Trinajstić information content (AvgIpc) is 2.33. The highest BCUT2D eigenvalue weighted by atomic mass is 35.5. The van der Waals surface area contributed by atoms with E-state index in [9.17, 15) is 0 Å². The van der Waals surface area contributed by atoms with Crippen molar-refractivity contribution < 1.29 is 11.0 Å². The summed E-state index contributed by atoms with van der Waals surface area (Å²) in [5.41, 5.74) is 1.21. The first-order valence-corrected chi connectivity index (χ1v) is 2.99. The van der Waals surface area contributed by atoms with Crippen molar-refractivity contribution in [2.24, 2.45) is 0 Å². The summed E-state index contributed by atoms with van der Waals surface area (Å²) in [7, 11) is 0. The maximum Gasteiger partial charge on any atom is 0.0453 e. The highest BCUT2D eigenvalue weighted by Gasteiger charge is 1.86. The third-order valence-corrected chi connectivity index (χ3v) is 1.46. The summed E-state index contributed by atoms with van der Waals surface area (Å²) in [6.07, 6.45) is 1.95. The first-order valence-electron chi connectivity index (χ1n) is 2.99. The van der Waals surface area contributed by atoms with Crippen LogP contribution in [0.15, 0.2) is 36.5 Å². The lowest BCUT2D eigenvalue weighted by atomic mass is 10.3. The van der Waals surface area contributed by atoms with Gasteiger partial charge in [0, 0.05) is 11.7 Å². The van der Waals surface area contributed by atoms with E-state index in [1.807, 2.05) is 18.3 Å². The first kappa shape index (κ1) is 18.1. The minimum atomic E-state index is 0. The molecule has 0 saturated heterocycles. The predicted octanol–water partition coefficient (Wildman–Crippen LogP) is 1.36. The van der Waals surface area contributed by atoms with Crippen LogP contribution in [0.5, 0.6) is 0 Å². The molecular formula is C8H13Cl2NO2. The molecule has 0 aliphatic heterocycles. The Morgan fingerprint density at radius 1 is 0.846 bits per heavy atom. The van der Waals surface area contributed by atoms with Crippen LogP contribution in [0, 0.1) is 0 Å². The zero-order valence-corrected chi connectivity index (χ0v) is 8.41. The second-order valence-electron chi connectivity index (χ2n) is 2.06. The number of rotatable bonds is 0. The fourth-order valence-corrected chi connectivity index (χ4v) is 0.995. The second kappa shape index (κ2) is 7.89. The fraction of sp³-hybridized carbons (Fsp3) is 0. The minimum Gasteiger partial charge on any atom is -0.412 e. The van der Waals surface area contributed by atoms with Gasteiger partial charge >= 0.3 is 0 Å². The molecule has 2 rings (SSSR count). The quantitative estimate of drug-likeness (QED) is 0.703. The highest BCUT2D eigenvalue weighted by molar-refractivity contribution is 5.85. The Labute approximate surface area is 88.6 Å². The third kappa shape index (κ3) is 3.65. The van der Waals surface area contributed by atoms with Crippen molar-refractivity contribution in [3.63, 3.8) is 0 Å². The lowest BCUT2D eigenvalue weighted by Crippen LogP contribution is -1.61. The van der Waals surface area contributed by atoms with Gasteiger partial charge in [-0.3, -0.25) is 0 Å². The number of nitrogens with one attached hydrogen (secondary N) is 1. The molecule has 0 bridgehead atoms. The summed E-state index contributed by atoms with van der Waals surface area (Å²) in [6, 6.07) is 10.3. The smallest absolute Gasteiger partial charge is 0.0453 e. The van der Waals surface area contributed by atoms with Crippen molar-refractivity contribution >= 4 is 35.7 Å². The number of para-hydroxylation sites is 1. The molecule has 0 aliphatic carbocycles. The topological polar surface area (TPSA) is 78.8 Å². The molecule has 13 heavy (non-hydrogen) atoms. The fourth-order valence-electron chi connectivity index (χ4n) is 0.995. The first-order chi connectivity index (χ1) is 4.47. The number of halogens is 2. The van der Waals surface area contributed by atoms with Crippen LogP contribution in [0.25, 0.3) is 10.9 Å². The van der Waals surface area contributed by atoms with E-state index in [1.54, 1.807) is 0 Å². The number of hydrogen-bond donors (Lipinski definition) is 1. The minimum absolute atomic E-state index is 0. The number of hydrogen-bond acceptors (Lipinski definition) is 0. The molecular weight excluding hydrogens is 213 g/mol. The molecule has 1 aromatic carbocycles. The molecule has 5 N–H and O–H groups in total. The van der Waals surface area contributed by atoms with E-state index in [2.05, 4.69) is 23.2 Å². The summed E-state index contributed by atoms with van der Waals surface area (Å²) in [5, 5.41) is 1.28. The molecule has 1 heterocycles. The van der Waals surface area contributed by atoms with Gasteiger partial charge in [0.05, 0.1) is 0 Å². The Kier molecular flexibility index (Phi) is 11.0. The van der Waals surface area contributed by atoms with Crippen LogP contribution in [-0.2, 0) is 0 Å². The van der Waals surface area contributed by atoms with E-state index in [1.165, 1.54) is 10.9 Å². The van der Waals surface area contributed by atoms with E-state index < -0.39 is 0 Å². The standard InChI is InChI=1S/C8H7N.2ClH.2H2O/c1-2-4-8-7(3-1)5-6-9-8;;;;/h1-6,9H;2*1H;2*1H2. The molecule has 0 radical (unpaired) electrons. The van der Waals surface area contributed by atoms with Crippen LogP contribution in [0.1, 0.15) is 0 Å². The van der Waals surface area contributed by atoms with Gasteiger partial charge in [-0.1, -0.05) is 18.2 Å². The Hall–Kier alpha value is -0.740. The van der Waals surface area contributed by atoms with Gasteiger partial charge in [-0.15, -0.1) is 24.8 Å². The van der Waals surface area contributed by atoms with E-state index in [0.29, 0.717) is 0 Å². The molecule has 0 spiro atoms. The molecule has 0 amide bonds. The number of fused-ring (bicyclic) bond motifs is 1. The van der Waals surface area contributed by atoms with Crippen molar-refractivity contribution in [3.8, 4) is 0 Å². The molecule has 0 aliphatic rings. The second-order valence-corrected chi connectivity index (χ2v) is 2.06. The van der Waals surface area contributed by atoms with E-state index >= 15 is 0 Å². The van der Waals surface area contributed by atoms with Gasteiger partial charge in [0.1, 0.15) is 0 Å². The summed E-state index contributed by atoms with van der Waals surface area (Å²) in [5.74, 6) is 0. The zero-order valence-electron chi connectivity index (χ0n) is 6.78. The molecule has 3 nitrogen and oxygen atoms in total. The Morgan fingerprint density at radius 2 is 1.46 bits per heavy atom. The Balaban J connectivity index is -0.000000250. The molecule has 0 saturated carbocycles. The molecule has 2 aromatic rings. The summed E-state index contributed by atoms with van der Waals surface area (Å²) >= 11 is 0. The van der Waals surface area contributed by atoms with Crippen LogP contribution >= 0.6 is 24.8 Å². The Morgan fingerprint density at radius 3 is 2.08 bits per heavy atom. The maximum absolute atomic E-state index is 3.12. The number of aromatic amines is 1. The monoisotopic (exact) mass is 225 g/mol. The zero-order chi connectivity index (χ0) is 6.10. The summed E-state index contributed by atoms with van der Waals surface area (Å²) < 4.78 is 0. The Bertz CT molecular complexity index is 294. The van der Waals surface area contributed by atoms with Crippen LogP contribution < -0.4 is 0 Å². The molecule has 0 atom stereocenters. The SMILES string of the molecule is Cl.Cl.O.O.c1ccc2[nH]ccc2c1. The lowest BCUT2D eigenvalue weighted by Gasteiger charge is -1.83. The van der Waals surface area contributed by atoms with E-state index in [4.69, 9.17) is 0 Å². The lowest BCUT2D eigenvalue weighted by molar-refractivity contribution is 0.823. The third-order valence-electron chi connectivity index (χ3n) is 1.46. The summed E-state index contributed by atoms with van der Waals surface area (Å²) in [6.45, 7) is 0. The van der Waals surface area contributed by atoms with Crippen LogP contribution in [0.2, 0.25) is 0 Å². The molecule has 1 aromatic heterocycles. The van der Waals surface area contributed by atoms with Crippen LogP contribution in [0.3, 0.4) is 0 Å². The normalized spacial score (nSPS) is 7.08. The van der Waals surface area contributed by atoms with Gasteiger partial charge in [-0.2, -0.15) is 0 Å². The van der Waals surface area contributed by atoms with Gasteiger partial charge in [-0.25, -0.2) is 0 Å². The van der Waals surface area contributed by atoms with Crippen molar-refractivity contribution in [2.45, 2.75) is 0 Å². The van der Waals surface area contributed by atoms with Crippen LogP contribution in [0.4, 0.5) is 0 Å².